The first kappa shape index (κ1) is 18.2. The Kier molecular flexibility index (Phi) is 4.55. The van der Waals surface area contributed by atoms with Crippen LogP contribution >= 0.6 is 23.2 Å². The molecule has 1 aliphatic heterocycles. The Morgan fingerprint density at radius 2 is 1.70 bits per heavy atom. The van der Waals surface area contributed by atoms with E-state index in [1.807, 2.05) is 9.80 Å². The normalized spacial score (nSPS) is 15.6. The lowest BCUT2D eigenvalue weighted by molar-refractivity contribution is -0.137. The Morgan fingerprint density at radius 1 is 1.00 bits per heavy atom. The van der Waals surface area contributed by atoms with E-state index in [1.165, 1.54) is 6.07 Å². The molecule has 0 aliphatic carbocycles. The summed E-state index contributed by atoms with van der Waals surface area (Å²) in [7, 11) is 0. The number of H-pyrrole nitrogens is 1. The lowest BCUT2D eigenvalue weighted by atomic mass is 10.2. The van der Waals surface area contributed by atoms with E-state index in [2.05, 4.69) is 15.0 Å². The average molecular weight is 416 g/mol. The molecule has 4 rings (SSSR count). The van der Waals surface area contributed by atoms with E-state index in [0.717, 1.165) is 12.1 Å². The number of alkyl halides is 3. The molecule has 3 heterocycles. The molecule has 0 spiro atoms. The smallest absolute Gasteiger partial charge is 0.352 e. The molecule has 1 aromatic carbocycles. The number of aromatic nitrogens is 3. The summed E-state index contributed by atoms with van der Waals surface area (Å²) < 4.78 is 38.6. The monoisotopic (exact) mass is 415 g/mol. The molecule has 0 radical (unpaired) electrons. The fraction of sp³-hybridized carbons (Fsp3) is 0.294. The highest BCUT2D eigenvalue weighted by atomic mass is 35.5. The van der Waals surface area contributed by atoms with Crippen molar-refractivity contribution in [2.24, 2.45) is 0 Å². The van der Waals surface area contributed by atoms with E-state index < -0.39 is 11.7 Å². The van der Waals surface area contributed by atoms with E-state index in [9.17, 15) is 13.2 Å². The second-order valence-corrected chi connectivity index (χ2v) is 7.07. The number of hydrogen-bond acceptors (Lipinski definition) is 4. The summed E-state index contributed by atoms with van der Waals surface area (Å²) in [4.78, 5) is 15.7. The molecule has 10 heteroatoms. The third-order valence-corrected chi connectivity index (χ3v) is 4.95. The Morgan fingerprint density at radius 3 is 2.37 bits per heavy atom. The van der Waals surface area contributed by atoms with Crippen LogP contribution in [0.25, 0.3) is 11.0 Å². The number of aromatic amines is 1. The molecule has 1 aliphatic rings. The van der Waals surface area contributed by atoms with Crippen LogP contribution in [-0.4, -0.2) is 41.1 Å². The zero-order chi connectivity index (χ0) is 19.2. The maximum atomic E-state index is 12.9. The van der Waals surface area contributed by atoms with Crippen LogP contribution in [0, 0.1) is 0 Å². The molecule has 3 aromatic rings. The van der Waals surface area contributed by atoms with Gasteiger partial charge in [0.05, 0.1) is 26.6 Å². The highest BCUT2D eigenvalue weighted by molar-refractivity contribution is 6.36. The van der Waals surface area contributed by atoms with Gasteiger partial charge in [-0.15, -0.1) is 0 Å². The molecule has 27 heavy (non-hydrogen) atoms. The third-order valence-electron chi connectivity index (χ3n) is 4.46. The zero-order valence-electron chi connectivity index (χ0n) is 13.9. The molecule has 0 bridgehead atoms. The van der Waals surface area contributed by atoms with Crippen molar-refractivity contribution < 1.29 is 13.2 Å². The number of nitrogens with zero attached hydrogens (tertiary/aromatic N) is 4. The Bertz CT molecular complexity index is 980. The Labute approximate surface area is 162 Å². The van der Waals surface area contributed by atoms with Crippen molar-refractivity contribution in [2.75, 3.05) is 36.0 Å². The standard InChI is InChI=1S/C17H14Cl2F3N5/c18-11-8-12(19)15(23-9-11)26-3-5-27(6-4-26)16-24-13-2-1-10(17(20,21)22)7-14(13)25-16/h1-2,7-9H,3-6H2,(H,24,25). The molecular weight excluding hydrogens is 402 g/mol. The van der Waals surface area contributed by atoms with Crippen LogP contribution < -0.4 is 9.80 Å². The number of anilines is 2. The Balaban J connectivity index is 1.51. The minimum atomic E-state index is -4.38. The van der Waals surface area contributed by atoms with Crippen LogP contribution in [0.2, 0.25) is 10.0 Å². The summed E-state index contributed by atoms with van der Waals surface area (Å²) in [5.41, 5.74) is 0.172. The maximum Gasteiger partial charge on any atom is 0.416 e. The van der Waals surface area contributed by atoms with Crippen molar-refractivity contribution in [3.8, 4) is 0 Å². The number of rotatable bonds is 2. The molecular formula is C17H14Cl2F3N5. The van der Waals surface area contributed by atoms with Gasteiger partial charge in [-0.1, -0.05) is 23.2 Å². The zero-order valence-corrected chi connectivity index (χ0v) is 15.4. The second kappa shape index (κ2) is 6.76. The average Bonchev–Trinajstić information content (AvgIpc) is 3.04. The van der Waals surface area contributed by atoms with Gasteiger partial charge in [-0.2, -0.15) is 13.2 Å². The van der Waals surface area contributed by atoms with E-state index in [-0.39, 0.29) is 0 Å². The van der Waals surface area contributed by atoms with Crippen molar-refractivity contribution in [3.63, 3.8) is 0 Å². The van der Waals surface area contributed by atoms with E-state index in [1.54, 1.807) is 12.3 Å². The van der Waals surface area contributed by atoms with Crippen LogP contribution in [0.1, 0.15) is 5.56 Å². The number of nitrogens with one attached hydrogen (secondary N) is 1. The van der Waals surface area contributed by atoms with Crippen molar-refractivity contribution in [3.05, 3.63) is 46.1 Å². The molecule has 5 nitrogen and oxygen atoms in total. The topological polar surface area (TPSA) is 48.1 Å². The van der Waals surface area contributed by atoms with Gasteiger partial charge in [0.2, 0.25) is 5.95 Å². The first-order valence-electron chi connectivity index (χ1n) is 8.19. The van der Waals surface area contributed by atoms with Gasteiger partial charge in [-0.05, 0) is 24.3 Å². The summed E-state index contributed by atoms with van der Waals surface area (Å²) in [6.45, 7) is 2.57. The first-order valence-corrected chi connectivity index (χ1v) is 8.95. The largest absolute Gasteiger partial charge is 0.416 e. The Hall–Kier alpha value is -2.19. The fourth-order valence-corrected chi connectivity index (χ4v) is 3.59. The molecule has 0 amide bonds. The summed E-state index contributed by atoms with van der Waals surface area (Å²) in [5.74, 6) is 1.22. The molecule has 1 fully saturated rings. The van der Waals surface area contributed by atoms with Crippen molar-refractivity contribution in [2.45, 2.75) is 6.18 Å². The minimum absolute atomic E-state index is 0.365. The van der Waals surface area contributed by atoms with Crippen molar-refractivity contribution >= 4 is 46.0 Å². The van der Waals surface area contributed by atoms with Gasteiger partial charge in [0, 0.05) is 32.4 Å². The molecule has 0 unspecified atom stereocenters. The van der Waals surface area contributed by atoms with Crippen LogP contribution in [-0.2, 0) is 6.18 Å². The molecule has 1 saturated heterocycles. The molecule has 2 aromatic heterocycles. The van der Waals surface area contributed by atoms with E-state index >= 15 is 0 Å². The number of benzene rings is 1. The van der Waals surface area contributed by atoms with Gasteiger partial charge in [0.25, 0.3) is 0 Å². The summed E-state index contributed by atoms with van der Waals surface area (Å²) in [5, 5.41) is 0.960. The predicted octanol–water partition coefficient (Wildman–Crippen LogP) is 4.61. The van der Waals surface area contributed by atoms with E-state index in [0.29, 0.717) is 59.0 Å². The quantitative estimate of drug-likeness (QED) is 0.663. The van der Waals surface area contributed by atoms with Crippen molar-refractivity contribution in [1.29, 1.82) is 0 Å². The molecule has 0 saturated carbocycles. The molecule has 0 atom stereocenters. The SMILES string of the molecule is FC(F)(F)c1ccc2nc(N3CCN(c4ncc(Cl)cc4Cl)CC3)[nH]c2c1. The van der Waals surface area contributed by atoms with Crippen LogP contribution in [0.4, 0.5) is 24.9 Å². The van der Waals surface area contributed by atoms with Gasteiger partial charge in [-0.3, -0.25) is 0 Å². The first-order chi connectivity index (χ1) is 12.8. The highest BCUT2D eigenvalue weighted by Gasteiger charge is 2.31. The van der Waals surface area contributed by atoms with Crippen LogP contribution in [0.3, 0.4) is 0 Å². The van der Waals surface area contributed by atoms with Gasteiger partial charge < -0.3 is 14.8 Å². The predicted molar refractivity (Wildman–Crippen MR) is 99.8 cm³/mol. The molecule has 142 valence electrons. The highest BCUT2D eigenvalue weighted by Crippen LogP contribution is 2.32. The van der Waals surface area contributed by atoms with Gasteiger partial charge in [0.15, 0.2) is 0 Å². The number of fused-ring (bicyclic) bond motifs is 1. The number of pyridine rings is 1. The lowest BCUT2D eigenvalue weighted by Gasteiger charge is -2.35. The van der Waals surface area contributed by atoms with Gasteiger partial charge in [0.1, 0.15) is 5.82 Å². The number of halogens is 5. The van der Waals surface area contributed by atoms with Gasteiger partial charge >= 0.3 is 6.18 Å². The molecule has 1 N–H and O–H groups in total. The summed E-state index contributed by atoms with van der Waals surface area (Å²) in [6, 6.07) is 5.15. The number of piperazine rings is 1. The minimum Gasteiger partial charge on any atom is -0.352 e. The lowest BCUT2D eigenvalue weighted by Crippen LogP contribution is -2.47. The van der Waals surface area contributed by atoms with Gasteiger partial charge in [-0.25, -0.2) is 9.97 Å². The third kappa shape index (κ3) is 3.64. The maximum absolute atomic E-state index is 12.9. The fourth-order valence-electron chi connectivity index (χ4n) is 3.09. The summed E-state index contributed by atoms with van der Waals surface area (Å²) in [6.07, 6.45) is -2.83. The number of imidazole rings is 1. The van der Waals surface area contributed by atoms with E-state index in [4.69, 9.17) is 23.2 Å². The van der Waals surface area contributed by atoms with Crippen LogP contribution in [0.5, 0.6) is 0 Å². The summed E-state index contributed by atoms with van der Waals surface area (Å²) >= 11 is 12.1. The van der Waals surface area contributed by atoms with Crippen LogP contribution in [0.15, 0.2) is 30.5 Å². The number of hydrogen-bond donors (Lipinski definition) is 1. The van der Waals surface area contributed by atoms with Crippen molar-refractivity contribution in [1.82, 2.24) is 15.0 Å². The second-order valence-electron chi connectivity index (χ2n) is 6.22.